The van der Waals surface area contributed by atoms with Crippen LogP contribution in [0.5, 0.6) is 0 Å². The number of hydrogen-bond acceptors (Lipinski definition) is 3. The van der Waals surface area contributed by atoms with E-state index in [-0.39, 0.29) is 0 Å². The van der Waals surface area contributed by atoms with Crippen molar-refractivity contribution in [1.29, 1.82) is 0 Å². The van der Waals surface area contributed by atoms with Gasteiger partial charge in [-0.3, -0.25) is 0 Å². The second-order valence-corrected chi connectivity index (χ2v) is 5.57. The van der Waals surface area contributed by atoms with Crippen LogP contribution in [0.15, 0.2) is 22.7 Å². The fourth-order valence-electron chi connectivity index (χ4n) is 2.37. The van der Waals surface area contributed by atoms with Gasteiger partial charge in [-0.2, -0.15) is 0 Å². The van der Waals surface area contributed by atoms with E-state index < -0.39 is 6.10 Å². The molecule has 1 N–H and O–H groups in total. The van der Waals surface area contributed by atoms with Crippen molar-refractivity contribution in [3.8, 4) is 0 Å². The molecule has 1 aromatic carbocycles. The maximum Gasteiger partial charge on any atom is 0.0772 e. The molecule has 1 saturated heterocycles. The summed E-state index contributed by atoms with van der Waals surface area (Å²) >= 11 is 3.54. The third kappa shape index (κ3) is 2.87. The fourth-order valence-corrected chi connectivity index (χ4v) is 3.06. The summed E-state index contributed by atoms with van der Waals surface area (Å²) in [6.07, 6.45) is 0.635. The van der Waals surface area contributed by atoms with Crippen molar-refractivity contribution in [2.45, 2.75) is 32.4 Å². The van der Waals surface area contributed by atoms with E-state index in [1.165, 1.54) is 5.69 Å². The van der Waals surface area contributed by atoms with Gasteiger partial charge in [0.1, 0.15) is 0 Å². The number of morpholine rings is 1. The van der Waals surface area contributed by atoms with Crippen molar-refractivity contribution in [2.75, 3.05) is 24.7 Å². The second kappa shape index (κ2) is 6.04. The van der Waals surface area contributed by atoms with Gasteiger partial charge < -0.3 is 14.7 Å². The van der Waals surface area contributed by atoms with Gasteiger partial charge in [0.2, 0.25) is 0 Å². The highest BCUT2D eigenvalue weighted by Crippen LogP contribution is 2.30. The molecule has 2 rings (SSSR count). The molecular weight excluding hydrogens is 294 g/mol. The van der Waals surface area contributed by atoms with Gasteiger partial charge >= 0.3 is 0 Å². The van der Waals surface area contributed by atoms with Gasteiger partial charge in [-0.25, -0.2) is 0 Å². The largest absolute Gasteiger partial charge is 0.389 e. The fraction of sp³-hybridized carbons (Fsp3) is 0.571. The Labute approximate surface area is 117 Å². The zero-order valence-corrected chi connectivity index (χ0v) is 12.5. The normalized spacial score (nSPS) is 22.0. The van der Waals surface area contributed by atoms with E-state index in [2.05, 4.69) is 39.9 Å². The van der Waals surface area contributed by atoms with Crippen LogP contribution in [0.25, 0.3) is 0 Å². The van der Waals surface area contributed by atoms with Gasteiger partial charge in [-0.05, 0) is 31.0 Å². The predicted molar refractivity (Wildman–Crippen MR) is 77.0 cm³/mol. The maximum atomic E-state index is 9.64. The summed E-state index contributed by atoms with van der Waals surface area (Å²) in [5.41, 5.74) is 2.13. The van der Waals surface area contributed by atoms with Crippen LogP contribution >= 0.6 is 15.9 Å². The zero-order valence-electron chi connectivity index (χ0n) is 10.9. The Morgan fingerprint density at radius 1 is 1.56 bits per heavy atom. The lowest BCUT2D eigenvalue weighted by Crippen LogP contribution is -2.45. The van der Waals surface area contributed by atoms with Crippen LogP contribution in [0.3, 0.4) is 0 Å². The highest BCUT2D eigenvalue weighted by atomic mass is 79.9. The van der Waals surface area contributed by atoms with Gasteiger partial charge in [0, 0.05) is 16.7 Å². The van der Waals surface area contributed by atoms with Crippen LogP contribution < -0.4 is 4.90 Å². The van der Waals surface area contributed by atoms with Crippen molar-refractivity contribution in [3.63, 3.8) is 0 Å². The first kappa shape index (κ1) is 13.8. The van der Waals surface area contributed by atoms with Crippen molar-refractivity contribution in [3.05, 3.63) is 28.2 Å². The summed E-state index contributed by atoms with van der Waals surface area (Å²) in [5.74, 6) is 0. The lowest BCUT2D eigenvalue weighted by molar-refractivity contribution is 0.0930. The molecule has 0 bridgehead atoms. The Hall–Kier alpha value is -0.580. The van der Waals surface area contributed by atoms with E-state index in [1.807, 2.05) is 6.07 Å². The highest BCUT2D eigenvalue weighted by molar-refractivity contribution is 9.10. The summed E-state index contributed by atoms with van der Waals surface area (Å²) in [7, 11) is 0. The maximum absolute atomic E-state index is 9.64. The van der Waals surface area contributed by atoms with E-state index in [0.29, 0.717) is 6.04 Å². The molecule has 18 heavy (non-hydrogen) atoms. The Balaban J connectivity index is 2.24. The number of aliphatic hydroxyl groups is 1. The summed E-state index contributed by atoms with van der Waals surface area (Å²) in [6.45, 7) is 6.48. The average Bonchev–Trinajstić information content (AvgIpc) is 2.38. The Bertz CT molecular complexity index is 409. The van der Waals surface area contributed by atoms with Crippen LogP contribution in [0, 0.1) is 0 Å². The number of nitrogens with zero attached hydrogens (tertiary/aromatic N) is 1. The number of rotatable bonds is 3. The molecule has 0 radical (unpaired) electrons. The molecule has 100 valence electrons. The summed E-state index contributed by atoms with van der Waals surface area (Å²) in [5, 5.41) is 9.64. The third-order valence-corrected chi connectivity index (χ3v) is 4.15. The number of aliphatic hydroxyl groups excluding tert-OH is 1. The van der Waals surface area contributed by atoms with E-state index in [0.717, 1.165) is 36.2 Å². The molecule has 1 aliphatic heterocycles. The molecule has 4 heteroatoms. The number of hydrogen-bond donors (Lipinski definition) is 1. The second-order valence-electron chi connectivity index (χ2n) is 4.71. The highest BCUT2D eigenvalue weighted by Gasteiger charge is 2.22. The molecule has 0 spiro atoms. The van der Waals surface area contributed by atoms with Crippen LogP contribution in [-0.4, -0.2) is 30.9 Å². The van der Waals surface area contributed by atoms with E-state index in [4.69, 9.17) is 4.74 Å². The minimum Gasteiger partial charge on any atom is -0.389 e. The van der Waals surface area contributed by atoms with E-state index in [9.17, 15) is 5.11 Å². The van der Waals surface area contributed by atoms with Crippen molar-refractivity contribution >= 4 is 21.6 Å². The van der Waals surface area contributed by atoms with Gasteiger partial charge in [-0.15, -0.1) is 0 Å². The van der Waals surface area contributed by atoms with Crippen LogP contribution in [0.4, 0.5) is 5.69 Å². The molecule has 0 aromatic heterocycles. The molecule has 2 atom stereocenters. The standard InChI is InChI=1S/C14H20BrNO2/c1-3-11-9-18-7-6-16(11)12-4-5-13(10(2)17)14(15)8-12/h4-5,8,10-11,17H,3,6-7,9H2,1-2H3/t10-,11?/m0/s1. The first-order valence-electron chi connectivity index (χ1n) is 6.45. The molecule has 1 heterocycles. The van der Waals surface area contributed by atoms with E-state index in [1.54, 1.807) is 6.92 Å². The van der Waals surface area contributed by atoms with Crippen molar-refractivity contribution < 1.29 is 9.84 Å². The molecule has 1 unspecified atom stereocenters. The minimum absolute atomic E-state index is 0.444. The molecule has 1 aliphatic rings. The molecule has 0 amide bonds. The van der Waals surface area contributed by atoms with Crippen LogP contribution in [0.1, 0.15) is 31.9 Å². The topological polar surface area (TPSA) is 32.7 Å². The van der Waals surface area contributed by atoms with Crippen LogP contribution in [0.2, 0.25) is 0 Å². The number of benzene rings is 1. The smallest absolute Gasteiger partial charge is 0.0772 e. The van der Waals surface area contributed by atoms with Gasteiger partial charge in [-0.1, -0.05) is 28.9 Å². The third-order valence-electron chi connectivity index (χ3n) is 3.46. The van der Waals surface area contributed by atoms with E-state index >= 15 is 0 Å². The monoisotopic (exact) mass is 313 g/mol. The minimum atomic E-state index is -0.444. The van der Waals surface area contributed by atoms with Gasteiger partial charge in [0.25, 0.3) is 0 Å². The molecule has 3 nitrogen and oxygen atoms in total. The number of anilines is 1. The predicted octanol–water partition coefficient (Wildman–Crippen LogP) is 3.12. The molecule has 0 saturated carbocycles. The van der Waals surface area contributed by atoms with Gasteiger partial charge in [0.15, 0.2) is 0 Å². The Kier molecular flexibility index (Phi) is 4.65. The first-order chi connectivity index (χ1) is 8.63. The number of ether oxygens (including phenoxy) is 1. The SMILES string of the molecule is CCC1COCCN1c1ccc([C@H](C)O)c(Br)c1. The Morgan fingerprint density at radius 2 is 2.33 bits per heavy atom. The molecular formula is C14H20BrNO2. The zero-order chi connectivity index (χ0) is 13.1. The lowest BCUT2D eigenvalue weighted by atomic mass is 10.1. The lowest BCUT2D eigenvalue weighted by Gasteiger charge is -2.37. The first-order valence-corrected chi connectivity index (χ1v) is 7.24. The molecule has 0 aliphatic carbocycles. The quantitative estimate of drug-likeness (QED) is 0.930. The molecule has 1 fully saturated rings. The van der Waals surface area contributed by atoms with Gasteiger partial charge in [0.05, 0.1) is 25.4 Å². The average molecular weight is 314 g/mol. The Morgan fingerprint density at radius 3 is 2.94 bits per heavy atom. The van der Waals surface area contributed by atoms with Crippen molar-refractivity contribution in [2.24, 2.45) is 0 Å². The van der Waals surface area contributed by atoms with Crippen LogP contribution in [-0.2, 0) is 4.74 Å². The number of halogens is 1. The van der Waals surface area contributed by atoms with Crippen molar-refractivity contribution in [1.82, 2.24) is 0 Å². The summed E-state index contributed by atoms with van der Waals surface area (Å²) in [6, 6.07) is 6.62. The molecule has 1 aromatic rings. The summed E-state index contributed by atoms with van der Waals surface area (Å²) in [4.78, 5) is 2.39. The summed E-state index contributed by atoms with van der Waals surface area (Å²) < 4.78 is 6.49.